The molecular weight excluding hydrogens is 414 g/mol. The van der Waals surface area contributed by atoms with Crippen LogP contribution in [0.15, 0.2) is 54.6 Å². The van der Waals surface area contributed by atoms with Gasteiger partial charge in [-0.05, 0) is 84.4 Å². The molecular formula is C30H34F2O. The lowest BCUT2D eigenvalue weighted by Crippen LogP contribution is -2.13. The summed E-state index contributed by atoms with van der Waals surface area (Å²) < 4.78 is 33.7. The molecule has 0 atom stereocenters. The van der Waals surface area contributed by atoms with Gasteiger partial charge in [0.25, 0.3) is 0 Å². The lowest BCUT2D eigenvalue weighted by atomic mass is 9.77. The van der Waals surface area contributed by atoms with Gasteiger partial charge in [0.2, 0.25) is 5.82 Å². The summed E-state index contributed by atoms with van der Waals surface area (Å²) in [5.74, 6) is -0.313. The molecule has 174 valence electrons. The van der Waals surface area contributed by atoms with E-state index in [4.69, 9.17) is 4.74 Å². The molecule has 0 heterocycles. The van der Waals surface area contributed by atoms with E-state index in [0.29, 0.717) is 11.5 Å². The smallest absolute Gasteiger partial charge is 0.201 e. The third-order valence-corrected chi connectivity index (χ3v) is 7.31. The van der Waals surface area contributed by atoms with Crippen LogP contribution in [-0.4, -0.2) is 7.11 Å². The highest BCUT2D eigenvalue weighted by Gasteiger charge is 2.22. The van der Waals surface area contributed by atoms with Crippen LogP contribution in [0.1, 0.15) is 68.9 Å². The van der Waals surface area contributed by atoms with Gasteiger partial charge < -0.3 is 4.74 Å². The monoisotopic (exact) mass is 448 g/mol. The minimum atomic E-state index is -0.950. The van der Waals surface area contributed by atoms with E-state index in [1.54, 1.807) is 6.07 Å². The average Bonchev–Trinajstić information content (AvgIpc) is 2.85. The van der Waals surface area contributed by atoms with Crippen molar-refractivity contribution in [2.24, 2.45) is 5.92 Å². The third-order valence-electron chi connectivity index (χ3n) is 7.31. The van der Waals surface area contributed by atoms with Gasteiger partial charge in [-0.2, -0.15) is 4.39 Å². The Morgan fingerprint density at radius 3 is 2.12 bits per heavy atom. The summed E-state index contributed by atoms with van der Waals surface area (Å²) in [6.07, 6.45) is 9.36. The zero-order valence-electron chi connectivity index (χ0n) is 20.0. The second kappa shape index (κ2) is 10.5. The average molecular weight is 449 g/mol. The normalized spacial score (nSPS) is 18.3. The molecule has 0 unspecified atom stereocenters. The van der Waals surface area contributed by atoms with E-state index >= 15 is 0 Å². The van der Waals surface area contributed by atoms with Crippen molar-refractivity contribution in [2.45, 2.75) is 64.7 Å². The molecule has 1 nitrogen and oxygen atoms in total. The van der Waals surface area contributed by atoms with E-state index in [0.717, 1.165) is 22.6 Å². The number of unbranched alkanes of at least 4 members (excludes halogenated alkanes) is 1. The standard InChI is InChI=1S/C30H34F2O/c1-4-5-6-21-7-9-22(10-8-21)23-11-13-24(14-12-23)25-15-16-26(20(2)19-25)27-17-18-28(33-3)30(32)29(27)31/h11-19,21-22H,4-10H2,1-3H3. The fourth-order valence-corrected chi connectivity index (χ4v) is 5.27. The molecule has 0 spiro atoms. The fraction of sp³-hybridized carbons (Fsp3) is 0.400. The van der Waals surface area contributed by atoms with Gasteiger partial charge in [-0.25, -0.2) is 4.39 Å². The van der Waals surface area contributed by atoms with Crippen molar-refractivity contribution in [3.63, 3.8) is 0 Å². The molecule has 0 amide bonds. The molecule has 33 heavy (non-hydrogen) atoms. The largest absolute Gasteiger partial charge is 0.494 e. The van der Waals surface area contributed by atoms with Gasteiger partial charge in [0, 0.05) is 5.56 Å². The van der Waals surface area contributed by atoms with Gasteiger partial charge in [-0.1, -0.05) is 68.7 Å². The summed E-state index contributed by atoms with van der Waals surface area (Å²) in [6.45, 7) is 4.21. The Morgan fingerprint density at radius 1 is 0.818 bits per heavy atom. The number of benzene rings is 3. The molecule has 4 rings (SSSR count). The maximum absolute atomic E-state index is 14.6. The first-order valence-corrected chi connectivity index (χ1v) is 12.2. The Morgan fingerprint density at radius 2 is 1.48 bits per heavy atom. The highest BCUT2D eigenvalue weighted by atomic mass is 19.2. The first kappa shape index (κ1) is 23.5. The van der Waals surface area contributed by atoms with Gasteiger partial charge in [0.1, 0.15) is 0 Å². The first-order valence-electron chi connectivity index (χ1n) is 12.2. The van der Waals surface area contributed by atoms with Crippen LogP contribution < -0.4 is 4.74 Å². The predicted molar refractivity (Wildman–Crippen MR) is 133 cm³/mol. The summed E-state index contributed by atoms with van der Waals surface area (Å²) in [4.78, 5) is 0. The SMILES string of the molecule is CCCCC1CCC(c2ccc(-c3ccc(-c4ccc(OC)c(F)c4F)c(C)c3)cc2)CC1. The van der Waals surface area contributed by atoms with Crippen molar-refractivity contribution in [1.29, 1.82) is 0 Å². The van der Waals surface area contributed by atoms with E-state index in [2.05, 4.69) is 31.2 Å². The second-order valence-electron chi connectivity index (χ2n) is 9.45. The van der Waals surface area contributed by atoms with Crippen molar-refractivity contribution >= 4 is 0 Å². The summed E-state index contributed by atoms with van der Waals surface area (Å²) in [5.41, 5.74) is 5.52. The maximum Gasteiger partial charge on any atom is 0.201 e. The number of hydrogen-bond acceptors (Lipinski definition) is 1. The topological polar surface area (TPSA) is 9.23 Å². The highest BCUT2D eigenvalue weighted by molar-refractivity contribution is 5.74. The lowest BCUT2D eigenvalue weighted by molar-refractivity contribution is 0.304. The third kappa shape index (κ3) is 5.13. The molecule has 0 saturated heterocycles. The van der Waals surface area contributed by atoms with Crippen LogP contribution >= 0.6 is 0 Å². The van der Waals surface area contributed by atoms with Crippen LogP contribution in [0, 0.1) is 24.5 Å². The van der Waals surface area contributed by atoms with Gasteiger partial charge in [0.15, 0.2) is 11.6 Å². The summed E-state index contributed by atoms with van der Waals surface area (Å²) >= 11 is 0. The molecule has 1 aliphatic rings. The van der Waals surface area contributed by atoms with Crippen molar-refractivity contribution in [2.75, 3.05) is 7.11 Å². The summed E-state index contributed by atoms with van der Waals surface area (Å²) in [6, 6.07) is 17.9. The van der Waals surface area contributed by atoms with Crippen LogP contribution in [0.2, 0.25) is 0 Å². The van der Waals surface area contributed by atoms with Crippen LogP contribution in [-0.2, 0) is 0 Å². The Labute approximate surface area is 196 Å². The fourth-order valence-electron chi connectivity index (χ4n) is 5.27. The van der Waals surface area contributed by atoms with E-state index in [1.165, 1.54) is 63.7 Å². The molecule has 1 aliphatic carbocycles. The van der Waals surface area contributed by atoms with Crippen molar-refractivity contribution in [3.05, 3.63) is 77.4 Å². The molecule has 1 saturated carbocycles. The zero-order chi connectivity index (χ0) is 23.4. The van der Waals surface area contributed by atoms with E-state index in [9.17, 15) is 8.78 Å². The lowest BCUT2D eigenvalue weighted by Gasteiger charge is -2.29. The van der Waals surface area contributed by atoms with Gasteiger partial charge in [0.05, 0.1) is 7.11 Å². The molecule has 3 aromatic rings. The summed E-state index contributed by atoms with van der Waals surface area (Å²) in [7, 11) is 1.33. The van der Waals surface area contributed by atoms with Crippen LogP contribution in [0.3, 0.4) is 0 Å². The van der Waals surface area contributed by atoms with Crippen molar-refractivity contribution < 1.29 is 13.5 Å². The molecule has 0 aromatic heterocycles. The predicted octanol–water partition coefficient (Wildman–Crippen LogP) is 9.08. The van der Waals surface area contributed by atoms with Gasteiger partial charge in [-0.15, -0.1) is 0 Å². The number of ether oxygens (including phenoxy) is 1. The molecule has 3 aromatic carbocycles. The molecule has 1 fully saturated rings. The van der Waals surface area contributed by atoms with E-state index in [-0.39, 0.29) is 11.3 Å². The minimum Gasteiger partial charge on any atom is -0.494 e. The number of hydrogen-bond donors (Lipinski definition) is 0. The van der Waals surface area contributed by atoms with Crippen LogP contribution in [0.5, 0.6) is 5.75 Å². The van der Waals surface area contributed by atoms with E-state index in [1.807, 2.05) is 25.1 Å². The maximum atomic E-state index is 14.6. The summed E-state index contributed by atoms with van der Waals surface area (Å²) in [5, 5.41) is 0. The van der Waals surface area contributed by atoms with Crippen molar-refractivity contribution in [1.82, 2.24) is 0 Å². The number of methoxy groups -OCH3 is 1. The zero-order valence-corrected chi connectivity index (χ0v) is 20.0. The molecule has 3 heteroatoms. The van der Waals surface area contributed by atoms with Gasteiger partial charge >= 0.3 is 0 Å². The Balaban J connectivity index is 1.48. The van der Waals surface area contributed by atoms with Crippen LogP contribution in [0.4, 0.5) is 8.78 Å². The number of aryl methyl sites for hydroxylation is 1. The highest BCUT2D eigenvalue weighted by Crippen LogP contribution is 2.39. The Kier molecular flexibility index (Phi) is 7.47. The molecule has 0 radical (unpaired) electrons. The molecule has 0 bridgehead atoms. The minimum absolute atomic E-state index is 0.0833. The second-order valence-corrected chi connectivity index (χ2v) is 9.45. The molecule has 0 aliphatic heterocycles. The van der Waals surface area contributed by atoms with Crippen LogP contribution in [0.25, 0.3) is 22.3 Å². The van der Waals surface area contributed by atoms with Crippen molar-refractivity contribution in [3.8, 4) is 28.0 Å². The van der Waals surface area contributed by atoms with E-state index < -0.39 is 11.6 Å². The van der Waals surface area contributed by atoms with Gasteiger partial charge in [-0.3, -0.25) is 0 Å². The molecule has 0 N–H and O–H groups in total. The number of halogens is 2. The quantitative estimate of drug-likeness (QED) is 0.350. The Bertz CT molecular complexity index is 1080. The number of rotatable bonds is 7. The first-order chi connectivity index (χ1) is 16.0. The Hall–Kier alpha value is -2.68.